The topological polar surface area (TPSA) is 86.1 Å². The predicted octanol–water partition coefficient (Wildman–Crippen LogP) is 1.03. The third kappa shape index (κ3) is 3.20. The van der Waals surface area contributed by atoms with Crippen molar-refractivity contribution in [1.29, 1.82) is 0 Å². The molecule has 1 atom stereocenters. The van der Waals surface area contributed by atoms with Gasteiger partial charge in [-0.1, -0.05) is 0 Å². The van der Waals surface area contributed by atoms with Gasteiger partial charge in [-0.2, -0.15) is 5.10 Å². The summed E-state index contributed by atoms with van der Waals surface area (Å²) in [7, 11) is -2.47. The Balaban J connectivity index is 1.79. The van der Waals surface area contributed by atoms with Crippen LogP contribution in [0.2, 0.25) is 0 Å². The fourth-order valence-electron chi connectivity index (χ4n) is 2.62. The Kier molecular flexibility index (Phi) is 4.07. The molecule has 0 aliphatic carbocycles. The van der Waals surface area contributed by atoms with Crippen LogP contribution in [0.1, 0.15) is 18.1 Å². The van der Waals surface area contributed by atoms with Crippen molar-refractivity contribution in [1.82, 2.24) is 19.5 Å². The second-order valence-corrected chi connectivity index (χ2v) is 7.12. The molecule has 1 aromatic heterocycles. The maximum Gasteiger partial charge on any atom is 0.241 e. The van der Waals surface area contributed by atoms with Crippen molar-refractivity contribution in [2.24, 2.45) is 0 Å². The number of fused-ring (bicyclic) bond motifs is 1. The van der Waals surface area contributed by atoms with E-state index >= 15 is 0 Å². The van der Waals surface area contributed by atoms with Crippen LogP contribution in [0.25, 0.3) is 0 Å². The molecule has 2 aromatic rings. The monoisotopic (exact) mass is 340 g/mol. The molecule has 3 rings (SSSR count). The number of aryl methyl sites for hydroxylation is 2. The second kappa shape index (κ2) is 5.89. The Bertz CT molecular complexity index is 835. The van der Waals surface area contributed by atoms with Gasteiger partial charge in [-0.3, -0.25) is 0 Å². The van der Waals surface area contributed by atoms with Crippen LogP contribution in [0.3, 0.4) is 0 Å². The molecule has 0 amide bonds. The van der Waals surface area contributed by atoms with Crippen molar-refractivity contribution >= 4 is 10.0 Å². The highest BCUT2D eigenvalue weighted by Gasteiger charge is 2.26. The molecule has 0 spiro atoms. The summed E-state index contributed by atoms with van der Waals surface area (Å²) in [5.74, 6) is 0.825. The van der Waals surface area contributed by atoms with E-state index < -0.39 is 15.8 Å². The minimum atomic E-state index is -3.76. The molecule has 0 unspecified atom stereocenters. The van der Waals surface area contributed by atoms with E-state index in [2.05, 4.69) is 14.8 Å². The fourth-order valence-corrected chi connectivity index (χ4v) is 3.90. The predicted molar refractivity (Wildman–Crippen MR) is 80.1 cm³/mol. The third-order valence-corrected chi connectivity index (χ3v) is 5.24. The molecule has 9 heteroatoms. The quantitative estimate of drug-likeness (QED) is 0.898. The maximum atomic E-state index is 13.4. The first kappa shape index (κ1) is 15.9. The van der Waals surface area contributed by atoms with Crippen LogP contribution in [-0.2, 0) is 23.0 Å². The molecular weight excluding hydrogens is 323 g/mol. The normalized spacial score (nSPS) is 17.8. The van der Waals surface area contributed by atoms with Crippen LogP contribution in [0.4, 0.5) is 4.39 Å². The van der Waals surface area contributed by atoms with Gasteiger partial charge in [0.2, 0.25) is 10.0 Å². The number of nitrogens with zero attached hydrogens (tertiary/aromatic N) is 3. The van der Waals surface area contributed by atoms with Gasteiger partial charge in [-0.05, 0) is 25.5 Å². The van der Waals surface area contributed by atoms with Crippen LogP contribution < -0.4 is 9.46 Å². The molecule has 1 N–H and O–H groups in total. The molecule has 0 fully saturated rings. The lowest BCUT2D eigenvalue weighted by atomic mass is 10.1. The summed E-state index contributed by atoms with van der Waals surface area (Å²) < 4.78 is 47.5. The van der Waals surface area contributed by atoms with Crippen LogP contribution in [0.5, 0.6) is 5.75 Å². The molecule has 0 bridgehead atoms. The fraction of sp³-hybridized carbons (Fsp3) is 0.429. The number of benzene rings is 1. The smallest absolute Gasteiger partial charge is 0.241 e. The summed E-state index contributed by atoms with van der Waals surface area (Å²) in [5.41, 5.74) is 0. The molecule has 1 aliphatic heterocycles. The number of nitrogens with one attached hydrogen (secondary N) is 1. The summed E-state index contributed by atoms with van der Waals surface area (Å²) in [6, 6.07) is 3.18. The Hall–Kier alpha value is -2.00. The Morgan fingerprint density at radius 3 is 2.96 bits per heavy atom. The minimum Gasteiger partial charge on any atom is -0.494 e. The van der Waals surface area contributed by atoms with Crippen molar-refractivity contribution < 1.29 is 17.5 Å². The van der Waals surface area contributed by atoms with Crippen LogP contribution in [0, 0.1) is 12.7 Å². The van der Waals surface area contributed by atoms with Crippen molar-refractivity contribution in [3.8, 4) is 5.75 Å². The highest BCUT2D eigenvalue weighted by atomic mass is 32.2. The van der Waals surface area contributed by atoms with Crippen LogP contribution >= 0.6 is 0 Å². The molecule has 7 nitrogen and oxygen atoms in total. The lowest BCUT2D eigenvalue weighted by Gasteiger charge is -2.23. The number of hydrogen-bond donors (Lipinski definition) is 1. The molecule has 0 saturated heterocycles. The Morgan fingerprint density at radius 2 is 2.22 bits per heavy atom. The molecule has 0 radical (unpaired) electrons. The lowest BCUT2D eigenvalue weighted by Crippen LogP contribution is -2.41. The number of hydrogen-bond acceptors (Lipinski definition) is 5. The average Bonchev–Trinajstić information content (AvgIpc) is 2.86. The summed E-state index contributed by atoms with van der Waals surface area (Å²) in [6.45, 7) is 2.23. The molecule has 0 saturated carbocycles. The zero-order valence-corrected chi connectivity index (χ0v) is 13.6. The Morgan fingerprint density at radius 1 is 1.43 bits per heavy atom. The van der Waals surface area contributed by atoms with Gasteiger partial charge in [-0.25, -0.2) is 27.2 Å². The number of halogens is 1. The van der Waals surface area contributed by atoms with Gasteiger partial charge in [0.25, 0.3) is 0 Å². The van der Waals surface area contributed by atoms with E-state index in [-0.39, 0.29) is 16.7 Å². The van der Waals surface area contributed by atoms with Crippen molar-refractivity contribution in [2.45, 2.75) is 37.2 Å². The van der Waals surface area contributed by atoms with Gasteiger partial charge in [0.05, 0.1) is 18.6 Å². The van der Waals surface area contributed by atoms with Gasteiger partial charge >= 0.3 is 0 Å². The molecule has 124 valence electrons. The van der Waals surface area contributed by atoms with E-state index in [0.29, 0.717) is 25.2 Å². The first-order valence-corrected chi connectivity index (χ1v) is 8.63. The summed E-state index contributed by atoms with van der Waals surface area (Å²) in [4.78, 5) is 4.26. The lowest BCUT2D eigenvalue weighted by molar-refractivity contribution is 0.384. The second-order valence-electron chi connectivity index (χ2n) is 5.41. The van der Waals surface area contributed by atoms with Crippen LogP contribution in [-0.4, -0.2) is 36.3 Å². The highest BCUT2D eigenvalue weighted by Crippen LogP contribution is 2.22. The van der Waals surface area contributed by atoms with E-state index in [1.165, 1.54) is 19.2 Å². The first-order chi connectivity index (χ1) is 10.9. The standard InChI is InChI=1S/C14H17FN4O3S/c1-9-16-14-6-3-10(8-19(14)17-9)18-23(20,21)11-4-5-12(15)13(7-11)22-2/h4-5,7,10,18H,3,6,8H2,1-2H3/t10-/m0/s1. The Labute approximate surface area is 133 Å². The summed E-state index contributed by atoms with van der Waals surface area (Å²) >= 11 is 0. The zero-order valence-electron chi connectivity index (χ0n) is 12.8. The van der Waals surface area contributed by atoms with E-state index in [0.717, 1.165) is 11.9 Å². The molecular formula is C14H17FN4O3S. The van der Waals surface area contributed by atoms with E-state index in [1.807, 2.05) is 0 Å². The average molecular weight is 340 g/mol. The SMILES string of the molecule is COc1cc(S(=O)(=O)N[C@H]2CCc3nc(C)nn3C2)ccc1F. The molecule has 23 heavy (non-hydrogen) atoms. The number of ether oxygens (including phenoxy) is 1. The summed E-state index contributed by atoms with van der Waals surface area (Å²) in [6.07, 6.45) is 1.29. The zero-order chi connectivity index (χ0) is 16.6. The number of rotatable bonds is 4. The number of sulfonamides is 1. The van der Waals surface area contributed by atoms with Crippen molar-refractivity contribution in [2.75, 3.05) is 7.11 Å². The van der Waals surface area contributed by atoms with E-state index in [1.54, 1.807) is 11.6 Å². The van der Waals surface area contributed by atoms with Crippen molar-refractivity contribution in [3.05, 3.63) is 35.7 Å². The largest absolute Gasteiger partial charge is 0.494 e. The molecule has 1 aromatic carbocycles. The molecule has 2 heterocycles. The van der Waals surface area contributed by atoms with E-state index in [4.69, 9.17) is 4.74 Å². The minimum absolute atomic E-state index is 0.0312. The van der Waals surface area contributed by atoms with Crippen molar-refractivity contribution in [3.63, 3.8) is 0 Å². The summed E-state index contributed by atoms with van der Waals surface area (Å²) in [5, 5.41) is 4.24. The van der Waals surface area contributed by atoms with Gasteiger partial charge < -0.3 is 4.74 Å². The van der Waals surface area contributed by atoms with Gasteiger partial charge in [0, 0.05) is 18.5 Å². The van der Waals surface area contributed by atoms with Gasteiger partial charge in [0.15, 0.2) is 11.6 Å². The number of methoxy groups -OCH3 is 1. The highest BCUT2D eigenvalue weighted by molar-refractivity contribution is 7.89. The number of aromatic nitrogens is 3. The van der Waals surface area contributed by atoms with Crippen LogP contribution in [0.15, 0.2) is 23.1 Å². The van der Waals surface area contributed by atoms with Gasteiger partial charge in [-0.15, -0.1) is 0 Å². The van der Waals surface area contributed by atoms with Gasteiger partial charge in [0.1, 0.15) is 11.6 Å². The maximum absolute atomic E-state index is 13.4. The molecule has 1 aliphatic rings. The first-order valence-electron chi connectivity index (χ1n) is 7.15. The van der Waals surface area contributed by atoms with E-state index in [9.17, 15) is 12.8 Å². The third-order valence-electron chi connectivity index (χ3n) is 3.72.